The predicted octanol–water partition coefficient (Wildman–Crippen LogP) is -0.0158. The van der Waals surface area contributed by atoms with E-state index in [9.17, 15) is 10.0 Å². The van der Waals surface area contributed by atoms with Crippen LogP contribution in [0.1, 0.15) is 19.4 Å². The zero-order chi connectivity index (χ0) is 14.7. The number of hydrogen-bond donors (Lipinski definition) is 2. The first kappa shape index (κ1) is 15.3. The van der Waals surface area contributed by atoms with Gasteiger partial charge in [-0.25, -0.2) is 0 Å². The van der Waals surface area contributed by atoms with E-state index in [2.05, 4.69) is 18.7 Å². The molecule has 0 amide bonds. The molecule has 0 spiro atoms. The van der Waals surface area contributed by atoms with Crippen molar-refractivity contribution in [1.29, 1.82) is 0 Å². The average Bonchev–Trinajstić information content (AvgIpc) is 2.37. The minimum atomic E-state index is -1.46. The molecule has 0 radical (unpaired) electrons. The van der Waals surface area contributed by atoms with Crippen molar-refractivity contribution >= 4 is 12.6 Å². The Hall–Kier alpha value is -1.08. The van der Waals surface area contributed by atoms with Crippen LogP contribution in [0.5, 0.6) is 5.75 Å². The molecule has 0 saturated carbocycles. The smallest absolute Gasteiger partial charge is 0.488 e. The summed E-state index contributed by atoms with van der Waals surface area (Å²) in [6.07, 6.45) is 0.410. The first-order valence-corrected chi connectivity index (χ1v) is 6.90. The van der Waals surface area contributed by atoms with Crippen molar-refractivity contribution in [1.82, 2.24) is 4.90 Å². The summed E-state index contributed by atoms with van der Waals surface area (Å²) in [7, 11) is 0.167. The Bertz CT molecular complexity index is 445. The summed E-state index contributed by atoms with van der Waals surface area (Å²) < 4.78 is 11.1. The predicted molar refractivity (Wildman–Crippen MR) is 78.1 cm³/mol. The molecule has 1 heterocycles. The Morgan fingerprint density at radius 2 is 1.95 bits per heavy atom. The summed E-state index contributed by atoms with van der Waals surface area (Å²) in [5.41, 5.74) is 1.44. The van der Waals surface area contributed by atoms with Gasteiger partial charge in [-0.2, -0.15) is 0 Å². The fraction of sp³-hybridized carbons (Fsp3) is 0.571. The molecule has 2 atom stereocenters. The summed E-state index contributed by atoms with van der Waals surface area (Å²) in [6, 6.07) is 5.23. The van der Waals surface area contributed by atoms with Crippen molar-refractivity contribution < 1.29 is 19.5 Å². The van der Waals surface area contributed by atoms with Gasteiger partial charge in [-0.05, 0) is 25.4 Å². The number of methoxy groups -OCH3 is 1. The fourth-order valence-corrected chi connectivity index (χ4v) is 2.74. The highest BCUT2D eigenvalue weighted by Gasteiger charge is 2.23. The molecule has 1 aromatic rings. The highest BCUT2D eigenvalue weighted by molar-refractivity contribution is 6.58. The van der Waals surface area contributed by atoms with Gasteiger partial charge in [0.2, 0.25) is 0 Å². The Morgan fingerprint density at radius 3 is 2.50 bits per heavy atom. The lowest BCUT2D eigenvalue weighted by Crippen LogP contribution is -2.45. The second-order valence-corrected chi connectivity index (χ2v) is 5.40. The molecule has 1 aliphatic rings. The number of benzene rings is 1. The average molecular weight is 279 g/mol. The number of morpholine rings is 1. The largest absolute Gasteiger partial charge is 0.496 e. The highest BCUT2D eigenvalue weighted by atomic mass is 16.5. The first-order chi connectivity index (χ1) is 9.49. The molecule has 110 valence electrons. The van der Waals surface area contributed by atoms with Gasteiger partial charge < -0.3 is 19.5 Å². The summed E-state index contributed by atoms with van der Waals surface area (Å²) in [4.78, 5) is 2.30. The van der Waals surface area contributed by atoms with Crippen molar-refractivity contribution in [3.8, 4) is 5.75 Å². The molecule has 0 aliphatic carbocycles. The van der Waals surface area contributed by atoms with Crippen molar-refractivity contribution in [3.63, 3.8) is 0 Å². The fourth-order valence-electron chi connectivity index (χ4n) is 2.74. The van der Waals surface area contributed by atoms with Gasteiger partial charge in [-0.1, -0.05) is 12.1 Å². The number of rotatable bonds is 4. The number of ether oxygens (including phenoxy) is 2. The molecule has 0 aromatic heterocycles. The van der Waals surface area contributed by atoms with Crippen LogP contribution < -0.4 is 10.2 Å². The molecular weight excluding hydrogens is 257 g/mol. The maximum Gasteiger partial charge on any atom is 0.488 e. The van der Waals surface area contributed by atoms with E-state index in [4.69, 9.17) is 9.47 Å². The van der Waals surface area contributed by atoms with E-state index >= 15 is 0 Å². The van der Waals surface area contributed by atoms with E-state index in [0.717, 1.165) is 24.4 Å². The zero-order valence-corrected chi connectivity index (χ0v) is 12.2. The van der Waals surface area contributed by atoms with Gasteiger partial charge in [0.05, 0.1) is 19.3 Å². The number of nitrogens with zero attached hydrogens (tertiary/aromatic N) is 1. The van der Waals surface area contributed by atoms with Crippen molar-refractivity contribution in [2.24, 2.45) is 0 Å². The third-order valence-electron chi connectivity index (χ3n) is 3.49. The standard InChI is InChI=1S/C14H22BNO4/c1-10-7-16(8-11(2)20-10)9-12-6-13(15(17)18)4-5-14(12)19-3/h4-6,10-11,17-18H,7-9H2,1-3H3. The van der Waals surface area contributed by atoms with Gasteiger partial charge in [0.1, 0.15) is 5.75 Å². The molecule has 5 nitrogen and oxygen atoms in total. The normalized spacial score (nSPS) is 23.6. The van der Waals surface area contributed by atoms with E-state index in [0.29, 0.717) is 12.0 Å². The lowest BCUT2D eigenvalue weighted by Gasteiger charge is -2.35. The van der Waals surface area contributed by atoms with Crippen molar-refractivity contribution in [3.05, 3.63) is 23.8 Å². The van der Waals surface area contributed by atoms with Crippen LogP contribution >= 0.6 is 0 Å². The number of hydrogen-bond acceptors (Lipinski definition) is 5. The van der Waals surface area contributed by atoms with E-state index in [1.807, 2.05) is 0 Å². The molecule has 2 rings (SSSR count). The topological polar surface area (TPSA) is 62.2 Å². The third kappa shape index (κ3) is 3.73. The minimum absolute atomic E-state index is 0.205. The van der Waals surface area contributed by atoms with Crippen molar-refractivity contribution in [2.75, 3.05) is 20.2 Å². The Kier molecular flexibility index (Phi) is 5.04. The van der Waals surface area contributed by atoms with Crippen LogP contribution in [0.3, 0.4) is 0 Å². The van der Waals surface area contributed by atoms with Crippen LogP contribution in [0, 0.1) is 0 Å². The molecule has 6 heteroatoms. The highest BCUT2D eigenvalue weighted by Crippen LogP contribution is 2.21. The molecule has 2 unspecified atom stereocenters. The molecule has 1 aliphatic heterocycles. The van der Waals surface area contributed by atoms with E-state index in [1.165, 1.54) is 0 Å². The zero-order valence-electron chi connectivity index (χ0n) is 12.2. The lowest BCUT2D eigenvalue weighted by atomic mass is 9.79. The molecular formula is C14H22BNO4. The Balaban J connectivity index is 2.16. The van der Waals surface area contributed by atoms with Crippen LogP contribution in [0.25, 0.3) is 0 Å². The minimum Gasteiger partial charge on any atom is -0.496 e. The van der Waals surface area contributed by atoms with Crippen LogP contribution in [-0.4, -0.2) is 54.5 Å². The van der Waals surface area contributed by atoms with Crippen LogP contribution in [0.4, 0.5) is 0 Å². The van der Waals surface area contributed by atoms with Crippen LogP contribution in [0.2, 0.25) is 0 Å². The quantitative estimate of drug-likeness (QED) is 0.759. The summed E-state index contributed by atoms with van der Waals surface area (Å²) in [5, 5.41) is 18.6. The summed E-state index contributed by atoms with van der Waals surface area (Å²) in [6.45, 7) is 6.56. The first-order valence-electron chi connectivity index (χ1n) is 6.90. The molecule has 1 aromatic carbocycles. The van der Waals surface area contributed by atoms with Gasteiger partial charge in [-0.15, -0.1) is 0 Å². The maximum absolute atomic E-state index is 9.28. The van der Waals surface area contributed by atoms with Gasteiger partial charge in [0.15, 0.2) is 0 Å². The van der Waals surface area contributed by atoms with Crippen LogP contribution in [-0.2, 0) is 11.3 Å². The lowest BCUT2D eigenvalue weighted by molar-refractivity contribution is -0.0706. The SMILES string of the molecule is COc1ccc(B(O)O)cc1CN1CC(C)OC(C)C1. The van der Waals surface area contributed by atoms with Crippen molar-refractivity contribution in [2.45, 2.75) is 32.6 Å². The van der Waals surface area contributed by atoms with Crippen LogP contribution in [0.15, 0.2) is 18.2 Å². The van der Waals surface area contributed by atoms with Gasteiger partial charge in [-0.3, -0.25) is 4.90 Å². The molecule has 1 fully saturated rings. The second kappa shape index (κ2) is 6.58. The van der Waals surface area contributed by atoms with E-state index in [-0.39, 0.29) is 12.2 Å². The van der Waals surface area contributed by atoms with E-state index < -0.39 is 7.12 Å². The van der Waals surface area contributed by atoms with E-state index in [1.54, 1.807) is 25.3 Å². The van der Waals surface area contributed by atoms with Gasteiger partial charge in [0, 0.05) is 25.2 Å². The monoisotopic (exact) mass is 279 g/mol. The molecule has 0 bridgehead atoms. The molecule has 2 N–H and O–H groups in total. The third-order valence-corrected chi connectivity index (χ3v) is 3.49. The van der Waals surface area contributed by atoms with Gasteiger partial charge >= 0.3 is 7.12 Å². The maximum atomic E-state index is 9.28. The summed E-state index contributed by atoms with van der Waals surface area (Å²) >= 11 is 0. The van der Waals surface area contributed by atoms with Gasteiger partial charge in [0.25, 0.3) is 0 Å². The molecule has 20 heavy (non-hydrogen) atoms. The molecule has 1 saturated heterocycles. The Morgan fingerprint density at radius 1 is 1.30 bits per heavy atom. The summed E-state index contributed by atoms with van der Waals surface area (Å²) in [5.74, 6) is 0.765. The second-order valence-electron chi connectivity index (χ2n) is 5.40. The Labute approximate surface area is 120 Å².